The normalized spacial score (nSPS) is 10.8. The van der Waals surface area contributed by atoms with Crippen LogP contribution >= 0.6 is 11.3 Å². The van der Waals surface area contributed by atoms with Crippen LogP contribution in [0, 0.1) is 0 Å². The Hall–Kier alpha value is -1.17. The number of nitrogens with zero attached hydrogens (tertiary/aromatic N) is 1. The average molecular weight is 237 g/mol. The molecule has 0 radical (unpaired) electrons. The van der Waals surface area contributed by atoms with E-state index in [1.54, 1.807) is 18.4 Å². The van der Waals surface area contributed by atoms with Crippen LogP contribution in [-0.2, 0) is 11.3 Å². The number of ether oxygens (including phenoxy) is 1. The van der Waals surface area contributed by atoms with E-state index in [0.717, 1.165) is 31.2 Å². The average Bonchev–Trinajstić information content (AvgIpc) is 2.94. The van der Waals surface area contributed by atoms with Gasteiger partial charge in [-0.2, -0.15) is 0 Å². The van der Waals surface area contributed by atoms with E-state index in [2.05, 4.69) is 26.7 Å². The van der Waals surface area contributed by atoms with E-state index < -0.39 is 0 Å². The van der Waals surface area contributed by atoms with E-state index in [1.807, 2.05) is 12.3 Å². The van der Waals surface area contributed by atoms with Crippen molar-refractivity contribution in [1.29, 1.82) is 0 Å². The summed E-state index contributed by atoms with van der Waals surface area (Å²) < 4.78 is 4.95. The standard InChI is InChI=1S/C11H15N3OS/c1-15-5-4-12-8-11-13-7-9(14-11)10-3-2-6-16-10/h2-3,6-7,12H,4-5,8H2,1H3,(H,13,14). The van der Waals surface area contributed by atoms with Crippen molar-refractivity contribution < 1.29 is 4.74 Å². The lowest BCUT2D eigenvalue weighted by molar-refractivity contribution is 0.199. The Morgan fingerprint density at radius 1 is 1.56 bits per heavy atom. The first-order chi connectivity index (χ1) is 7.90. The lowest BCUT2D eigenvalue weighted by Crippen LogP contribution is -2.19. The summed E-state index contributed by atoms with van der Waals surface area (Å²) in [7, 11) is 1.70. The summed E-state index contributed by atoms with van der Waals surface area (Å²) in [6.45, 7) is 2.30. The molecule has 2 heterocycles. The molecule has 86 valence electrons. The van der Waals surface area contributed by atoms with Crippen LogP contribution in [0.1, 0.15) is 5.82 Å². The molecule has 0 unspecified atom stereocenters. The van der Waals surface area contributed by atoms with Crippen LogP contribution in [0.4, 0.5) is 0 Å². The van der Waals surface area contributed by atoms with E-state index >= 15 is 0 Å². The van der Waals surface area contributed by atoms with Crippen LogP contribution < -0.4 is 5.32 Å². The number of methoxy groups -OCH3 is 1. The summed E-state index contributed by atoms with van der Waals surface area (Å²) in [5.41, 5.74) is 1.08. The van der Waals surface area contributed by atoms with Gasteiger partial charge in [0, 0.05) is 13.7 Å². The fourth-order valence-electron chi connectivity index (χ4n) is 1.39. The summed E-state index contributed by atoms with van der Waals surface area (Å²) in [5.74, 6) is 0.958. The second-order valence-electron chi connectivity index (χ2n) is 3.39. The van der Waals surface area contributed by atoms with Gasteiger partial charge in [0.05, 0.1) is 29.9 Å². The van der Waals surface area contributed by atoms with Crippen molar-refractivity contribution in [3.8, 4) is 10.6 Å². The van der Waals surface area contributed by atoms with Gasteiger partial charge in [-0.1, -0.05) is 6.07 Å². The first-order valence-electron chi connectivity index (χ1n) is 5.17. The molecule has 0 aliphatic rings. The molecule has 0 aliphatic carbocycles. The molecule has 0 aliphatic heterocycles. The Balaban J connectivity index is 1.88. The maximum atomic E-state index is 4.95. The molecular weight excluding hydrogens is 222 g/mol. The number of H-pyrrole nitrogens is 1. The van der Waals surface area contributed by atoms with E-state index in [1.165, 1.54) is 4.88 Å². The lowest BCUT2D eigenvalue weighted by atomic mass is 10.4. The minimum absolute atomic E-state index is 0.721. The Kier molecular flexibility index (Phi) is 4.10. The zero-order chi connectivity index (χ0) is 11.2. The van der Waals surface area contributed by atoms with Crippen LogP contribution in [0.5, 0.6) is 0 Å². The minimum atomic E-state index is 0.721. The van der Waals surface area contributed by atoms with Gasteiger partial charge >= 0.3 is 0 Å². The molecule has 0 atom stereocenters. The highest BCUT2D eigenvalue weighted by atomic mass is 32.1. The number of rotatable bonds is 6. The smallest absolute Gasteiger partial charge is 0.120 e. The van der Waals surface area contributed by atoms with Crippen LogP contribution in [0.3, 0.4) is 0 Å². The minimum Gasteiger partial charge on any atom is -0.383 e. The number of hydrogen-bond donors (Lipinski definition) is 2. The first kappa shape index (κ1) is 11.3. The van der Waals surface area contributed by atoms with E-state index in [0.29, 0.717) is 0 Å². The third-order valence-electron chi connectivity index (χ3n) is 2.19. The first-order valence-corrected chi connectivity index (χ1v) is 6.05. The number of hydrogen-bond acceptors (Lipinski definition) is 4. The zero-order valence-corrected chi connectivity index (χ0v) is 10.0. The Morgan fingerprint density at radius 2 is 2.50 bits per heavy atom. The van der Waals surface area contributed by atoms with Crippen LogP contribution in [0.25, 0.3) is 10.6 Å². The largest absolute Gasteiger partial charge is 0.383 e. The highest BCUT2D eigenvalue weighted by molar-refractivity contribution is 7.13. The predicted molar refractivity (Wildman–Crippen MR) is 65.5 cm³/mol. The van der Waals surface area contributed by atoms with Gasteiger partial charge in [-0.3, -0.25) is 0 Å². The molecule has 2 N–H and O–H groups in total. The third-order valence-corrected chi connectivity index (χ3v) is 3.09. The molecule has 16 heavy (non-hydrogen) atoms. The van der Waals surface area contributed by atoms with Gasteiger partial charge in [0.15, 0.2) is 0 Å². The third kappa shape index (κ3) is 2.91. The number of imidazole rings is 1. The van der Waals surface area contributed by atoms with E-state index in [4.69, 9.17) is 4.74 Å². The van der Waals surface area contributed by atoms with Gasteiger partial charge in [0.2, 0.25) is 0 Å². The topological polar surface area (TPSA) is 49.9 Å². The Bertz CT molecular complexity index is 411. The van der Waals surface area contributed by atoms with Crippen molar-refractivity contribution in [2.24, 2.45) is 0 Å². The molecule has 0 amide bonds. The van der Waals surface area contributed by atoms with Crippen LogP contribution in [0.2, 0.25) is 0 Å². The van der Waals surface area contributed by atoms with Crippen molar-refractivity contribution in [3.05, 3.63) is 29.5 Å². The van der Waals surface area contributed by atoms with Gasteiger partial charge in [-0.15, -0.1) is 11.3 Å². The fourth-order valence-corrected chi connectivity index (χ4v) is 2.08. The van der Waals surface area contributed by atoms with E-state index in [9.17, 15) is 0 Å². The number of thiophene rings is 1. The summed E-state index contributed by atoms with van der Waals surface area (Å²) in [5, 5.41) is 5.31. The number of aromatic amines is 1. The Labute approximate surface area is 98.7 Å². The fraction of sp³-hybridized carbons (Fsp3) is 0.364. The molecule has 4 nitrogen and oxygen atoms in total. The predicted octanol–water partition coefficient (Wildman–Crippen LogP) is 1.87. The highest BCUT2D eigenvalue weighted by Crippen LogP contribution is 2.22. The van der Waals surface area contributed by atoms with Gasteiger partial charge < -0.3 is 15.0 Å². The van der Waals surface area contributed by atoms with Crippen molar-refractivity contribution >= 4 is 11.3 Å². The molecule has 0 aromatic carbocycles. The molecule has 0 saturated heterocycles. The second-order valence-corrected chi connectivity index (χ2v) is 4.34. The van der Waals surface area contributed by atoms with Crippen molar-refractivity contribution in [2.45, 2.75) is 6.54 Å². The monoisotopic (exact) mass is 237 g/mol. The summed E-state index contributed by atoms with van der Waals surface area (Å²) in [6.07, 6.45) is 1.87. The molecule has 0 bridgehead atoms. The maximum Gasteiger partial charge on any atom is 0.120 e. The van der Waals surface area contributed by atoms with E-state index in [-0.39, 0.29) is 0 Å². The molecule has 0 spiro atoms. The molecule has 2 rings (SSSR count). The Morgan fingerprint density at radius 3 is 3.25 bits per heavy atom. The maximum absolute atomic E-state index is 4.95. The van der Waals surface area contributed by atoms with Gasteiger partial charge in [0.25, 0.3) is 0 Å². The molecule has 2 aromatic heterocycles. The zero-order valence-electron chi connectivity index (χ0n) is 9.19. The molecule has 0 fully saturated rings. The highest BCUT2D eigenvalue weighted by Gasteiger charge is 2.03. The second kappa shape index (κ2) is 5.79. The van der Waals surface area contributed by atoms with Crippen LogP contribution in [0.15, 0.2) is 23.7 Å². The van der Waals surface area contributed by atoms with Gasteiger partial charge in [0.1, 0.15) is 5.82 Å². The summed E-state index contributed by atoms with van der Waals surface area (Å²) in [4.78, 5) is 8.82. The number of nitrogens with one attached hydrogen (secondary N) is 2. The summed E-state index contributed by atoms with van der Waals surface area (Å²) in [6, 6.07) is 4.12. The van der Waals surface area contributed by atoms with Crippen molar-refractivity contribution in [3.63, 3.8) is 0 Å². The molecular formula is C11H15N3OS. The molecule has 0 saturated carbocycles. The van der Waals surface area contributed by atoms with Gasteiger partial charge in [-0.05, 0) is 11.4 Å². The quantitative estimate of drug-likeness (QED) is 0.754. The van der Waals surface area contributed by atoms with Gasteiger partial charge in [-0.25, -0.2) is 4.98 Å². The molecule has 2 aromatic rings. The van der Waals surface area contributed by atoms with Crippen LogP contribution in [-0.4, -0.2) is 30.2 Å². The van der Waals surface area contributed by atoms with Crippen molar-refractivity contribution in [1.82, 2.24) is 15.3 Å². The molecule has 5 heteroatoms. The number of aromatic nitrogens is 2. The van der Waals surface area contributed by atoms with Crippen molar-refractivity contribution in [2.75, 3.05) is 20.3 Å². The SMILES string of the molecule is COCCNCc1ncc(-c2cccs2)[nH]1. The summed E-state index contributed by atoms with van der Waals surface area (Å²) >= 11 is 1.71. The lowest BCUT2D eigenvalue weighted by Gasteiger charge is -2.00.